The molecular formula is C39H48N4O5S. The minimum Gasteiger partial charge on any atom is -0.390 e. The van der Waals surface area contributed by atoms with Crippen molar-refractivity contribution in [3.05, 3.63) is 137 Å². The molecule has 0 aliphatic heterocycles. The predicted octanol–water partition coefficient (Wildman–Crippen LogP) is 5.63. The Hall–Kier alpha value is -4.51. The number of rotatable bonds is 17. The maximum Gasteiger partial charge on any atom is 0.251 e. The van der Waals surface area contributed by atoms with E-state index in [1.54, 1.807) is 0 Å². The van der Waals surface area contributed by atoms with Crippen molar-refractivity contribution in [2.75, 3.05) is 17.0 Å². The smallest absolute Gasteiger partial charge is 0.251 e. The van der Waals surface area contributed by atoms with Gasteiger partial charge in [0.1, 0.15) is 0 Å². The van der Waals surface area contributed by atoms with Crippen LogP contribution in [-0.2, 0) is 29.4 Å². The van der Waals surface area contributed by atoms with Crippen LogP contribution in [0.3, 0.4) is 0 Å². The Kier molecular flexibility index (Phi) is 13.5. The first-order valence-electron chi connectivity index (χ1n) is 16.7. The lowest BCUT2D eigenvalue weighted by atomic mass is 9.99. The van der Waals surface area contributed by atoms with Crippen LogP contribution in [0.25, 0.3) is 0 Å². The van der Waals surface area contributed by atoms with E-state index in [4.69, 9.17) is 0 Å². The molecule has 0 aliphatic carbocycles. The lowest BCUT2D eigenvalue weighted by molar-refractivity contribution is 0.0830. The van der Waals surface area contributed by atoms with Gasteiger partial charge < -0.3 is 21.1 Å². The zero-order valence-corrected chi connectivity index (χ0v) is 29.5. The fourth-order valence-corrected chi connectivity index (χ4v) is 6.17. The number of aliphatic hydroxyl groups excluding tert-OH is 1. The van der Waals surface area contributed by atoms with E-state index in [9.17, 15) is 23.1 Å². The highest BCUT2D eigenvalue weighted by Crippen LogP contribution is 2.20. The van der Waals surface area contributed by atoms with Crippen molar-refractivity contribution in [1.29, 1.82) is 0 Å². The molecule has 9 nitrogen and oxygen atoms in total. The second-order valence-corrected chi connectivity index (χ2v) is 14.8. The summed E-state index contributed by atoms with van der Waals surface area (Å²) in [5, 5.41) is 20.6. The molecule has 0 saturated carbocycles. The topological polar surface area (TPSA) is 137 Å². The van der Waals surface area contributed by atoms with Crippen LogP contribution in [0.2, 0.25) is 0 Å². The van der Waals surface area contributed by atoms with Crippen molar-refractivity contribution in [3.8, 4) is 0 Å². The molecule has 0 fully saturated rings. The first-order chi connectivity index (χ1) is 23.4. The summed E-state index contributed by atoms with van der Waals surface area (Å²) in [6, 6.07) is 30.5. The summed E-state index contributed by atoms with van der Waals surface area (Å²) in [4.78, 5) is 27.2. The number of hydrogen-bond acceptors (Lipinski definition) is 6. The Morgan fingerprint density at radius 3 is 1.94 bits per heavy atom. The van der Waals surface area contributed by atoms with Crippen molar-refractivity contribution >= 4 is 27.5 Å². The van der Waals surface area contributed by atoms with E-state index in [2.05, 4.69) is 46.7 Å². The van der Waals surface area contributed by atoms with Gasteiger partial charge in [-0.3, -0.25) is 14.3 Å². The van der Waals surface area contributed by atoms with Gasteiger partial charge in [0, 0.05) is 24.2 Å². The van der Waals surface area contributed by atoms with Crippen LogP contribution in [0, 0.1) is 5.92 Å². The molecule has 0 spiro atoms. The van der Waals surface area contributed by atoms with Gasteiger partial charge in [-0.2, -0.15) is 0 Å². The molecule has 2 amide bonds. The van der Waals surface area contributed by atoms with Crippen LogP contribution in [0.5, 0.6) is 0 Å². The first-order valence-corrected chi connectivity index (χ1v) is 18.4. The highest BCUT2D eigenvalue weighted by atomic mass is 32.2. The van der Waals surface area contributed by atoms with Crippen LogP contribution in [0.15, 0.2) is 103 Å². The Bertz CT molecular complexity index is 1780. The molecule has 0 bridgehead atoms. The van der Waals surface area contributed by atoms with Gasteiger partial charge in [0.25, 0.3) is 11.8 Å². The predicted molar refractivity (Wildman–Crippen MR) is 196 cm³/mol. The van der Waals surface area contributed by atoms with Crippen molar-refractivity contribution < 1.29 is 23.1 Å². The van der Waals surface area contributed by atoms with E-state index in [-0.39, 0.29) is 35.2 Å². The molecule has 0 saturated heterocycles. The Morgan fingerprint density at radius 2 is 1.31 bits per heavy atom. The first kappa shape index (κ1) is 37.3. The largest absolute Gasteiger partial charge is 0.390 e. The number of benzene rings is 4. The number of hydrogen-bond donors (Lipinski definition) is 5. The highest BCUT2D eigenvalue weighted by Gasteiger charge is 2.24. The summed E-state index contributed by atoms with van der Waals surface area (Å²) in [6.07, 6.45) is 0.376. The molecule has 0 aliphatic rings. The lowest BCUT2D eigenvalue weighted by Crippen LogP contribution is -2.48. The third-order valence-corrected chi connectivity index (χ3v) is 9.46. The van der Waals surface area contributed by atoms with Crippen LogP contribution < -0.4 is 20.7 Å². The average molecular weight is 685 g/mol. The van der Waals surface area contributed by atoms with Gasteiger partial charge >= 0.3 is 0 Å². The SMILES string of the molecule is CCS(=O)(=O)Nc1cc(C(=O)N[C@@H](Cc2ccccc2)[C@H](O)CNCc2cccc(CC(C)C)c2)cc(C(=O)N[C@H](C)c2ccccc2)c1. The Balaban J connectivity index is 1.54. The van der Waals surface area contributed by atoms with Gasteiger partial charge in [-0.05, 0) is 73.1 Å². The number of carbonyl (C=O) groups excluding carboxylic acids is 2. The average Bonchev–Trinajstić information content (AvgIpc) is 3.08. The molecule has 0 heterocycles. The molecule has 4 aromatic rings. The second-order valence-electron chi connectivity index (χ2n) is 12.8. The Labute approximate surface area is 290 Å². The quantitative estimate of drug-likeness (QED) is 0.0979. The molecule has 0 unspecified atom stereocenters. The van der Waals surface area contributed by atoms with Crippen molar-refractivity contribution in [2.45, 2.75) is 65.3 Å². The summed E-state index contributed by atoms with van der Waals surface area (Å²) < 4.78 is 27.4. The standard InChI is InChI=1S/C39H48N4O5S/c1-5-49(47,48)43-35-23-33(38(45)41-28(4)32-17-10-7-11-18-32)22-34(24-35)39(46)42-36(21-29-13-8-6-9-14-29)37(44)26-40-25-31-16-12-15-30(20-31)19-27(2)3/h6-18,20,22-24,27-28,36-37,40,43-44H,5,19,21,25-26H2,1-4H3,(H,41,45)(H,42,46)/t28-,36+,37-/m1/s1. The number of amides is 2. The van der Waals surface area contributed by atoms with Crippen molar-refractivity contribution in [3.63, 3.8) is 0 Å². The molecular weight excluding hydrogens is 637 g/mol. The zero-order chi connectivity index (χ0) is 35.4. The molecule has 0 aromatic heterocycles. The summed E-state index contributed by atoms with van der Waals surface area (Å²) >= 11 is 0. The molecule has 5 N–H and O–H groups in total. The molecule has 3 atom stereocenters. The van der Waals surface area contributed by atoms with Crippen LogP contribution in [0.4, 0.5) is 5.69 Å². The van der Waals surface area contributed by atoms with Crippen molar-refractivity contribution in [2.24, 2.45) is 5.92 Å². The minimum atomic E-state index is -3.70. The van der Waals surface area contributed by atoms with Gasteiger partial charge in [0.2, 0.25) is 10.0 Å². The lowest BCUT2D eigenvalue weighted by Gasteiger charge is -2.25. The number of nitrogens with one attached hydrogen (secondary N) is 4. The van der Waals surface area contributed by atoms with Crippen LogP contribution in [0.1, 0.15) is 76.7 Å². The van der Waals surface area contributed by atoms with Crippen LogP contribution in [-0.4, -0.2) is 49.8 Å². The van der Waals surface area contributed by atoms with E-state index in [1.165, 1.54) is 30.7 Å². The second kappa shape index (κ2) is 17.8. The third-order valence-electron chi connectivity index (χ3n) is 8.16. The molecule has 49 heavy (non-hydrogen) atoms. The van der Waals surface area contributed by atoms with Crippen molar-refractivity contribution in [1.82, 2.24) is 16.0 Å². The van der Waals surface area contributed by atoms with Gasteiger partial charge in [0.15, 0.2) is 0 Å². The fraction of sp³-hybridized carbons (Fsp3) is 0.333. The van der Waals surface area contributed by atoms with E-state index in [0.29, 0.717) is 18.9 Å². The minimum absolute atomic E-state index is 0.0778. The van der Waals surface area contributed by atoms with Gasteiger partial charge in [-0.15, -0.1) is 0 Å². The molecule has 4 rings (SSSR count). The zero-order valence-electron chi connectivity index (χ0n) is 28.6. The maximum atomic E-state index is 13.8. The molecule has 10 heteroatoms. The van der Waals surface area contributed by atoms with E-state index >= 15 is 0 Å². The summed E-state index contributed by atoms with van der Waals surface area (Å²) in [7, 11) is -3.70. The number of anilines is 1. The number of aliphatic hydroxyl groups is 1. The number of sulfonamides is 1. The van der Waals surface area contributed by atoms with Crippen LogP contribution >= 0.6 is 0 Å². The van der Waals surface area contributed by atoms with E-state index in [0.717, 1.165) is 23.1 Å². The monoisotopic (exact) mass is 684 g/mol. The molecule has 0 radical (unpaired) electrons. The fourth-order valence-electron chi connectivity index (χ4n) is 5.55. The third kappa shape index (κ3) is 11.8. The summed E-state index contributed by atoms with van der Waals surface area (Å²) in [5.41, 5.74) is 4.47. The van der Waals surface area contributed by atoms with E-state index < -0.39 is 34.0 Å². The van der Waals surface area contributed by atoms with Gasteiger partial charge in [-0.25, -0.2) is 8.42 Å². The molecule has 260 valence electrons. The number of carbonyl (C=O) groups is 2. The summed E-state index contributed by atoms with van der Waals surface area (Å²) in [6.45, 7) is 8.48. The van der Waals surface area contributed by atoms with E-state index in [1.807, 2.05) is 79.7 Å². The maximum absolute atomic E-state index is 13.8. The summed E-state index contributed by atoms with van der Waals surface area (Å²) in [5.74, 6) is -0.658. The van der Waals surface area contributed by atoms with Gasteiger partial charge in [0.05, 0.1) is 29.6 Å². The van der Waals surface area contributed by atoms with Gasteiger partial charge in [-0.1, -0.05) is 98.8 Å². The normalized spacial score (nSPS) is 13.3. The Morgan fingerprint density at radius 1 is 0.714 bits per heavy atom. The highest BCUT2D eigenvalue weighted by molar-refractivity contribution is 7.92. The molecule has 4 aromatic carbocycles.